The van der Waals surface area contributed by atoms with Gasteiger partial charge in [-0.25, -0.2) is 4.98 Å². The molecule has 0 unspecified atom stereocenters. The minimum Gasteiger partial charge on any atom is -0.368 e. The summed E-state index contributed by atoms with van der Waals surface area (Å²) in [4.78, 5) is 16.0. The molecule has 3 aromatic rings. The maximum absolute atomic E-state index is 5.64. The van der Waals surface area contributed by atoms with Crippen LogP contribution in [0.1, 0.15) is 0 Å². The van der Waals surface area contributed by atoms with Crippen LogP contribution in [0.4, 0.5) is 17.7 Å². The van der Waals surface area contributed by atoms with E-state index in [1.165, 1.54) is 17.3 Å². The van der Waals surface area contributed by atoms with Gasteiger partial charge in [-0.2, -0.15) is 29.8 Å². The van der Waals surface area contributed by atoms with Crippen molar-refractivity contribution in [2.75, 3.05) is 11.1 Å². The van der Waals surface area contributed by atoms with Gasteiger partial charge in [0.15, 0.2) is 5.82 Å². The highest BCUT2D eigenvalue weighted by atomic mass is 15.4. The zero-order valence-corrected chi connectivity index (χ0v) is 9.96. The van der Waals surface area contributed by atoms with Crippen LogP contribution in [0.25, 0.3) is 5.95 Å². The Kier molecular flexibility index (Phi) is 2.52. The number of nitrogens with two attached hydrogens (primary N) is 1. The van der Waals surface area contributed by atoms with Crippen molar-refractivity contribution < 1.29 is 0 Å². The molecule has 3 N–H and O–H groups in total. The molecule has 0 saturated heterocycles. The lowest BCUT2D eigenvalue weighted by Crippen LogP contribution is -2.09. The van der Waals surface area contributed by atoms with Crippen molar-refractivity contribution in [2.45, 2.75) is 0 Å². The summed E-state index contributed by atoms with van der Waals surface area (Å²) >= 11 is 0. The number of anilines is 3. The summed E-state index contributed by atoms with van der Waals surface area (Å²) in [5.74, 6) is 1.26. The molecule has 0 aliphatic heterocycles. The Bertz CT molecular complexity index is 685. The minimum absolute atomic E-state index is 0.0823. The summed E-state index contributed by atoms with van der Waals surface area (Å²) in [6.45, 7) is 0. The number of aromatic nitrogens is 8. The van der Waals surface area contributed by atoms with Gasteiger partial charge >= 0.3 is 0 Å². The van der Waals surface area contributed by atoms with Crippen molar-refractivity contribution in [1.82, 2.24) is 39.5 Å². The number of nitrogens with zero attached hydrogens (tertiary/aromatic N) is 8. The van der Waals surface area contributed by atoms with Gasteiger partial charge < -0.3 is 11.1 Å². The summed E-state index contributed by atoms with van der Waals surface area (Å²) in [5, 5.41) is 11.0. The van der Waals surface area contributed by atoms with Gasteiger partial charge in [0, 0.05) is 19.3 Å². The topological polar surface area (TPSA) is 125 Å². The molecule has 0 aromatic carbocycles. The number of hydrogen-bond donors (Lipinski definition) is 2. The molecular formula is C9H10N10. The number of nitrogen functional groups attached to an aromatic ring is 1. The highest BCUT2D eigenvalue weighted by Gasteiger charge is 2.08. The normalized spacial score (nSPS) is 10.6. The van der Waals surface area contributed by atoms with Crippen molar-refractivity contribution in [3.63, 3.8) is 0 Å². The maximum Gasteiger partial charge on any atom is 0.258 e. The molecule has 0 spiro atoms. The Hall–Kier alpha value is -3.04. The lowest BCUT2D eigenvalue weighted by atomic mass is 10.6. The van der Waals surface area contributed by atoms with Crippen LogP contribution in [-0.4, -0.2) is 39.5 Å². The molecule has 0 radical (unpaired) electrons. The first-order chi connectivity index (χ1) is 9.20. The molecule has 0 atom stereocenters. The van der Waals surface area contributed by atoms with E-state index in [1.54, 1.807) is 16.9 Å². The third-order valence-electron chi connectivity index (χ3n) is 2.22. The molecular weight excluding hydrogens is 248 g/mol. The predicted molar refractivity (Wildman–Crippen MR) is 65.6 cm³/mol. The van der Waals surface area contributed by atoms with E-state index in [4.69, 9.17) is 5.73 Å². The summed E-state index contributed by atoms with van der Waals surface area (Å²) in [7, 11) is 1.81. The van der Waals surface area contributed by atoms with E-state index < -0.39 is 0 Å². The van der Waals surface area contributed by atoms with Gasteiger partial charge in [0.05, 0.1) is 0 Å². The van der Waals surface area contributed by atoms with E-state index in [0.717, 1.165) is 0 Å². The van der Waals surface area contributed by atoms with Crippen LogP contribution in [0, 0.1) is 0 Å². The van der Waals surface area contributed by atoms with Gasteiger partial charge in [-0.05, 0) is 0 Å². The maximum atomic E-state index is 5.64. The molecule has 3 heterocycles. The summed E-state index contributed by atoms with van der Waals surface area (Å²) in [6.07, 6.45) is 4.65. The van der Waals surface area contributed by atoms with Crippen LogP contribution in [0.15, 0.2) is 24.9 Å². The number of nitrogens with one attached hydrogen (secondary N) is 1. The second kappa shape index (κ2) is 4.33. The van der Waals surface area contributed by atoms with Crippen molar-refractivity contribution >= 4 is 17.7 Å². The van der Waals surface area contributed by atoms with Crippen LogP contribution in [0.3, 0.4) is 0 Å². The Morgan fingerprint density at radius 3 is 2.84 bits per heavy atom. The Morgan fingerprint density at radius 2 is 2.16 bits per heavy atom. The van der Waals surface area contributed by atoms with Crippen molar-refractivity contribution in [1.29, 1.82) is 0 Å². The lowest BCUT2D eigenvalue weighted by Gasteiger charge is -2.04. The highest BCUT2D eigenvalue weighted by Crippen LogP contribution is 2.11. The van der Waals surface area contributed by atoms with E-state index in [1.807, 2.05) is 7.05 Å². The molecule has 96 valence electrons. The van der Waals surface area contributed by atoms with Crippen molar-refractivity contribution in [3.05, 3.63) is 24.9 Å². The summed E-state index contributed by atoms with van der Waals surface area (Å²) < 4.78 is 3.05. The summed E-state index contributed by atoms with van der Waals surface area (Å²) in [5.41, 5.74) is 5.64. The SMILES string of the molecule is Cn1ccc(Nc2nc(N)nc(-n3cncn3)n2)n1. The van der Waals surface area contributed by atoms with Crippen molar-refractivity contribution in [3.8, 4) is 5.95 Å². The Balaban J connectivity index is 1.94. The number of aryl methyl sites for hydroxylation is 1. The molecule has 19 heavy (non-hydrogen) atoms. The molecule has 10 heteroatoms. The van der Waals surface area contributed by atoms with E-state index >= 15 is 0 Å². The number of rotatable bonds is 3. The fraction of sp³-hybridized carbons (Fsp3) is 0.111. The molecule has 10 nitrogen and oxygen atoms in total. The van der Waals surface area contributed by atoms with Crippen LogP contribution in [-0.2, 0) is 7.05 Å². The second-order valence-electron chi connectivity index (χ2n) is 3.66. The third-order valence-corrected chi connectivity index (χ3v) is 2.22. The van der Waals surface area contributed by atoms with Crippen LogP contribution >= 0.6 is 0 Å². The third kappa shape index (κ3) is 2.31. The molecule has 0 saturated carbocycles. The first-order valence-electron chi connectivity index (χ1n) is 5.34. The van der Waals surface area contributed by atoms with E-state index in [0.29, 0.717) is 5.82 Å². The zero-order valence-electron chi connectivity index (χ0n) is 9.96. The average molecular weight is 258 g/mol. The second-order valence-corrected chi connectivity index (χ2v) is 3.66. The quantitative estimate of drug-likeness (QED) is 0.644. The molecule has 0 aliphatic carbocycles. The lowest BCUT2D eigenvalue weighted by molar-refractivity contribution is 0.769. The van der Waals surface area contributed by atoms with E-state index in [9.17, 15) is 0 Å². The van der Waals surface area contributed by atoms with E-state index in [2.05, 4.69) is 35.5 Å². The average Bonchev–Trinajstić information content (AvgIpc) is 3.00. The zero-order chi connectivity index (χ0) is 13.2. The summed E-state index contributed by atoms with van der Waals surface area (Å²) in [6, 6.07) is 1.79. The fourth-order valence-corrected chi connectivity index (χ4v) is 1.45. The van der Waals surface area contributed by atoms with Gasteiger partial charge in [0.25, 0.3) is 5.95 Å². The molecule has 0 amide bonds. The fourth-order valence-electron chi connectivity index (χ4n) is 1.45. The predicted octanol–water partition coefficient (Wildman–Crippen LogP) is -0.488. The molecule has 0 bridgehead atoms. The van der Waals surface area contributed by atoms with Crippen LogP contribution in [0.2, 0.25) is 0 Å². The molecule has 3 rings (SSSR count). The van der Waals surface area contributed by atoms with Gasteiger partial charge in [-0.15, -0.1) is 0 Å². The molecule has 0 fully saturated rings. The van der Waals surface area contributed by atoms with E-state index in [-0.39, 0.29) is 17.8 Å². The smallest absolute Gasteiger partial charge is 0.258 e. The number of hydrogen-bond acceptors (Lipinski definition) is 8. The monoisotopic (exact) mass is 258 g/mol. The largest absolute Gasteiger partial charge is 0.368 e. The van der Waals surface area contributed by atoms with Gasteiger partial charge in [-0.1, -0.05) is 0 Å². The van der Waals surface area contributed by atoms with Crippen molar-refractivity contribution in [2.24, 2.45) is 7.05 Å². The molecule has 3 aromatic heterocycles. The minimum atomic E-state index is 0.0823. The first-order valence-corrected chi connectivity index (χ1v) is 5.34. The Labute approximate surface area is 107 Å². The van der Waals surface area contributed by atoms with Gasteiger partial charge in [0.2, 0.25) is 11.9 Å². The Morgan fingerprint density at radius 1 is 1.26 bits per heavy atom. The highest BCUT2D eigenvalue weighted by molar-refractivity contribution is 5.48. The van der Waals surface area contributed by atoms with Crippen LogP contribution < -0.4 is 11.1 Å². The first kappa shape index (κ1) is 11.1. The standard InChI is InChI=1S/C9H10N10/c1-18-3-2-6(17-18)13-8-14-7(10)15-9(16-8)19-5-11-4-12-19/h2-5H,1H3,(H3,10,13,14,15,16,17). The van der Waals surface area contributed by atoms with Gasteiger partial charge in [0.1, 0.15) is 12.7 Å². The van der Waals surface area contributed by atoms with Gasteiger partial charge in [-0.3, -0.25) is 4.68 Å². The molecule has 0 aliphatic rings. The van der Waals surface area contributed by atoms with Crippen LogP contribution in [0.5, 0.6) is 0 Å².